The van der Waals surface area contributed by atoms with Crippen LogP contribution in [-0.4, -0.2) is 49.6 Å². The van der Waals surface area contributed by atoms with Crippen molar-refractivity contribution in [2.45, 2.75) is 26.7 Å². The molecule has 0 saturated carbocycles. The van der Waals surface area contributed by atoms with E-state index in [0.29, 0.717) is 6.42 Å². The van der Waals surface area contributed by atoms with E-state index in [-0.39, 0.29) is 17.7 Å². The second-order valence-electron chi connectivity index (χ2n) is 5.93. The van der Waals surface area contributed by atoms with E-state index in [9.17, 15) is 14.4 Å². The number of carbonyl (C=O) groups is 3. The monoisotopic (exact) mass is 322 g/mol. The van der Waals surface area contributed by atoms with Crippen molar-refractivity contribution in [2.75, 3.05) is 27.2 Å². The van der Waals surface area contributed by atoms with Gasteiger partial charge < -0.3 is 14.0 Å². The van der Waals surface area contributed by atoms with Gasteiger partial charge in [-0.3, -0.25) is 9.59 Å². The van der Waals surface area contributed by atoms with Crippen LogP contribution in [0.4, 0.5) is 0 Å². The van der Waals surface area contributed by atoms with Gasteiger partial charge in [0.05, 0.1) is 33.6 Å². The molecule has 0 amide bonds. The molecule has 1 aromatic rings. The molecule has 0 N–H and O–H groups in total. The van der Waals surface area contributed by atoms with E-state index in [1.54, 1.807) is 12.1 Å². The Kier molecular flexibility index (Phi) is 6.90. The lowest BCUT2D eigenvalue weighted by molar-refractivity contribution is -0.888. The number of esters is 3. The van der Waals surface area contributed by atoms with Gasteiger partial charge in [0.15, 0.2) is 0 Å². The van der Waals surface area contributed by atoms with E-state index in [4.69, 9.17) is 9.47 Å². The van der Waals surface area contributed by atoms with Crippen LogP contribution < -0.4 is 4.74 Å². The number of carbonyl (C=O) groups excluding carboxylic acids is 3. The summed E-state index contributed by atoms with van der Waals surface area (Å²) >= 11 is 0. The largest absolute Gasteiger partial charge is 0.426 e. The number of nitrogens with zero attached hydrogens (tertiary/aromatic N) is 1. The number of ether oxygens (including phenoxy) is 2. The molecule has 0 aliphatic heterocycles. The van der Waals surface area contributed by atoms with Crippen LogP contribution in [0.15, 0.2) is 24.3 Å². The molecule has 6 nitrogen and oxygen atoms in total. The van der Waals surface area contributed by atoms with E-state index in [0.717, 1.165) is 17.6 Å². The van der Waals surface area contributed by atoms with Gasteiger partial charge in [0.25, 0.3) is 0 Å². The zero-order valence-electron chi connectivity index (χ0n) is 14.1. The Morgan fingerprint density at radius 3 is 2.39 bits per heavy atom. The minimum absolute atomic E-state index is 0.0562. The predicted octanol–water partition coefficient (Wildman–Crippen LogP) is 2.17. The van der Waals surface area contributed by atoms with Crippen LogP contribution in [0.3, 0.4) is 0 Å². The first-order chi connectivity index (χ1) is 10.7. The van der Waals surface area contributed by atoms with Crippen LogP contribution >= 0.6 is 0 Å². The fraction of sp³-hybridized carbons (Fsp3) is 0.471. The van der Waals surface area contributed by atoms with Crippen LogP contribution in [0.1, 0.15) is 37.0 Å². The highest BCUT2D eigenvalue weighted by molar-refractivity contribution is 5.99. The maximum atomic E-state index is 12.0. The van der Waals surface area contributed by atoms with Gasteiger partial charge in [-0.15, -0.1) is 0 Å². The summed E-state index contributed by atoms with van der Waals surface area (Å²) in [5.74, 6) is -1.85. The summed E-state index contributed by atoms with van der Waals surface area (Å²) in [5, 5.41) is 0. The molecule has 0 aliphatic rings. The van der Waals surface area contributed by atoms with Crippen LogP contribution in [0.5, 0.6) is 5.75 Å². The predicted molar refractivity (Wildman–Crippen MR) is 84.9 cm³/mol. The lowest BCUT2D eigenvalue weighted by Crippen LogP contribution is -2.40. The molecule has 0 aliphatic carbocycles. The summed E-state index contributed by atoms with van der Waals surface area (Å²) in [6, 6.07) is 6.16. The Morgan fingerprint density at radius 2 is 1.78 bits per heavy atom. The molecule has 6 heteroatoms. The standard InChI is InChI=1S/C17H24NO5/c1-5-18(3,4)12-8-11-16(20)23-17(21)14-9-6-7-10-15(14)22-13(2)19/h6-7,9-10H,5,8,11-12H2,1-4H3/q+1. The van der Waals surface area contributed by atoms with Gasteiger partial charge in [-0.05, 0) is 19.1 Å². The molecule has 0 aromatic heterocycles. The molecule has 0 radical (unpaired) electrons. The maximum Gasteiger partial charge on any atom is 0.349 e. The summed E-state index contributed by atoms with van der Waals surface area (Å²) < 4.78 is 10.6. The number of para-hydroxylation sites is 1. The van der Waals surface area contributed by atoms with Crippen molar-refractivity contribution in [1.29, 1.82) is 0 Å². The number of benzene rings is 1. The third kappa shape index (κ3) is 6.61. The van der Waals surface area contributed by atoms with E-state index < -0.39 is 17.9 Å². The molecule has 0 heterocycles. The topological polar surface area (TPSA) is 69.7 Å². The minimum Gasteiger partial charge on any atom is -0.426 e. The molecular formula is C17H24NO5+. The quantitative estimate of drug-likeness (QED) is 0.333. The molecule has 0 atom stereocenters. The van der Waals surface area contributed by atoms with Gasteiger partial charge in [0.2, 0.25) is 0 Å². The molecule has 1 rings (SSSR count). The number of hydrogen-bond acceptors (Lipinski definition) is 5. The fourth-order valence-electron chi connectivity index (χ4n) is 1.90. The first-order valence-corrected chi connectivity index (χ1v) is 7.59. The summed E-state index contributed by atoms with van der Waals surface area (Å²) in [7, 11) is 4.15. The Labute approximate surface area is 136 Å². The van der Waals surface area contributed by atoms with E-state index >= 15 is 0 Å². The summed E-state index contributed by atoms with van der Waals surface area (Å²) in [5.41, 5.74) is 0.0562. The maximum absolute atomic E-state index is 12.0. The zero-order valence-corrected chi connectivity index (χ0v) is 14.1. The van der Waals surface area contributed by atoms with Crippen molar-refractivity contribution in [3.63, 3.8) is 0 Å². The number of hydrogen-bond donors (Lipinski definition) is 0. The smallest absolute Gasteiger partial charge is 0.349 e. The highest BCUT2D eigenvalue weighted by atomic mass is 16.6. The van der Waals surface area contributed by atoms with E-state index in [1.807, 2.05) is 0 Å². The number of quaternary nitrogens is 1. The number of rotatable bonds is 7. The van der Waals surface area contributed by atoms with Crippen molar-refractivity contribution in [1.82, 2.24) is 0 Å². The average molecular weight is 322 g/mol. The lowest BCUT2D eigenvalue weighted by atomic mass is 10.2. The SMILES string of the molecule is CC[N+](C)(C)CCCC(=O)OC(=O)c1ccccc1OC(C)=O. The normalized spacial score (nSPS) is 11.0. The van der Waals surface area contributed by atoms with Gasteiger partial charge in [0, 0.05) is 13.3 Å². The summed E-state index contributed by atoms with van der Waals surface area (Å²) in [4.78, 5) is 34.8. The van der Waals surface area contributed by atoms with E-state index in [2.05, 4.69) is 21.0 Å². The molecule has 126 valence electrons. The van der Waals surface area contributed by atoms with Gasteiger partial charge in [0.1, 0.15) is 11.3 Å². The molecule has 0 saturated heterocycles. The van der Waals surface area contributed by atoms with Crippen molar-refractivity contribution in [3.8, 4) is 5.75 Å². The summed E-state index contributed by atoms with van der Waals surface area (Å²) in [6.45, 7) is 5.10. The van der Waals surface area contributed by atoms with E-state index in [1.165, 1.54) is 19.1 Å². The van der Waals surface area contributed by atoms with Crippen LogP contribution in [0.2, 0.25) is 0 Å². The van der Waals surface area contributed by atoms with Gasteiger partial charge in [-0.2, -0.15) is 0 Å². The third-order valence-electron chi connectivity index (χ3n) is 3.57. The highest BCUT2D eigenvalue weighted by Gasteiger charge is 2.19. The van der Waals surface area contributed by atoms with Gasteiger partial charge in [-0.25, -0.2) is 4.79 Å². The average Bonchev–Trinajstić information content (AvgIpc) is 2.46. The molecule has 0 bridgehead atoms. The summed E-state index contributed by atoms with van der Waals surface area (Å²) in [6.07, 6.45) is 0.807. The van der Waals surface area contributed by atoms with Crippen LogP contribution in [0, 0.1) is 0 Å². The first-order valence-electron chi connectivity index (χ1n) is 7.59. The van der Waals surface area contributed by atoms with Crippen molar-refractivity contribution >= 4 is 17.9 Å². The Balaban J connectivity index is 2.59. The lowest BCUT2D eigenvalue weighted by Gasteiger charge is -2.27. The van der Waals surface area contributed by atoms with Crippen molar-refractivity contribution in [3.05, 3.63) is 29.8 Å². The molecule has 23 heavy (non-hydrogen) atoms. The highest BCUT2D eigenvalue weighted by Crippen LogP contribution is 2.19. The van der Waals surface area contributed by atoms with Crippen LogP contribution in [0.25, 0.3) is 0 Å². The van der Waals surface area contributed by atoms with Crippen molar-refractivity contribution < 1.29 is 28.3 Å². The fourth-order valence-corrected chi connectivity index (χ4v) is 1.90. The molecule has 1 aromatic carbocycles. The molecular weight excluding hydrogens is 298 g/mol. The first kappa shape index (κ1) is 18.8. The second kappa shape index (κ2) is 8.43. The van der Waals surface area contributed by atoms with Crippen molar-refractivity contribution in [2.24, 2.45) is 0 Å². The molecule has 0 fully saturated rings. The van der Waals surface area contributed by atoms with Gasteiger partial charge in [-0.1, -0.05) is 12.1 Å². The second-order valence-corrected chi connectivity index (χ2v) is 5.93. The van der Waals surface area contributed by atoms with Crippen LogP contribution in [-0.2, 0) is 14.3 Å². The third-order valence-corrected chi connectivity index (χ3v) is 3.57. The van der Waals surface area contributed by atoms with Gasteiger partial charge >= 0.3 is 17.9 Å². The Hall–Kier alpha value is -2.21. The zero-order chi connectivity index (χ0) is 17.5. The molecule has 0 unspecified atom stereocenters. The minimum atomic E-state index is -0.809. The Morgan fingerprint density at radius 1 is 1.13 bits per heavy atom. The Bertz CT molecular complexity index is 580. The molecule has 0 spiro atoms.